The van der Waals surface area contributed by atoms with Crippen LogP contribution in [0.4, 0.5) is 9.18 Å². The lowest BCUT2D eigenvalue weighted by atomic mass is 9.80. The van der Waals surface area contributed by atoms with Crippen LogP contribution in [0.3, 0.4) is 0 Å². The van der Waals surface area contributed by atoms with Crippen molar-refractivity contribution in [1.29, 1.82) is 0 Å². The second kappa shape index (κ2) is 6.99. The molecule has 5 nitrogen and oxygen atoms in total. The van der Waals surface area contributed by atoms with Gasteiger partial charge in [0.2, 0.25) is 0 Å². The van der Waals surface area contributed by atoms with Crippen molar-refractivity contribution in [2.75, 3.05) is 13.2 Å². The van der Waals surface area contributed by atoms with Crippen LogP contribution in [-0.4, -0.2) is 47.7 Å². The van der Waals surface area contributed by atoms with Crippen LogP contribution in [0.1, 0.15) is 49.5 Å². The number of halogens is 1. The van der Waals surface area contributed by atoms with E-state index < -0.39 is 5.60 Å². The number of piperidine rings is 1. The Bertz CT molecular complexity index is 698. The number of ether oxygens (including phenoxy) is 2. The molecule has 1 amide bonds. The number of morpholine rings is 1. The molecule has 1 aromatic rings. The minimum atomic E-state index is -0.565. The number of Topliss-reactive ketones (excluding diaryl/α,β-unsaturated/α-hetero) is 1. The highest BCUT2D eigenvalue weighted by Gasteiger charge is 2.45. The van der Waals surface area contributed by atoms with Crippen molar-refractivity contribution < 1.29 is 23.5 Å². The molecular formula is C20H26FNO4. The van der Waals surface area contributed by atoms with Crippen LogP contribution in [0.2, 0.25) is 0 Å². The first kappa shape index (κ1) is 18.8. The second-order valence-corrected chi connectivity index (χ2v) is 8.22. The van der Waals surface area contributed by atoms with Gasteiger partial charge in [-0.25, -0.2) is 9.18 Å². The lowest BCUT2D eigenvalue weighted by molar-refractivity contribution is -0.0861. The van der Waals surface area contributed by atoms with Gasteiger partial charge in [-0.2, -0.15) is 0 Å². The summed E-state index contributed by atoms with van der Waals surface area (Å²) in [6, 6.07) is 3.91. The lowest BCUT2D eigenvalue weighted by Gasteiger charge is -2.47. The van der Waals surface area contributed by atoms with Gasteiger partial charge in [-0.05, 0) is 64.3 Å². The van der Waals surface area contributed by atoms with E-state index in [1.165, 1.54) is 12.1 Å². The van der Waals surface area contributed by atoms with E-state index in [0.29, 0.717) is 37.2 Å². The fraction of sp³-hybridized carbons (Fsp3) is 0.600. The molecule has 3 rings (SSSR count). The molecule has 2 fully saturated rings. The van der Waals surface area contributed by atoms with E-state index in [1.807, 2.05) is 20.8 Å². The average molecular weight is 363 g/mol. The fourth-order valence-corrected chi connectivity index (χ4v) is 3.87. The van der Waals surface area contributed by atoms with E-state index in [4.69, 9.17) is 9.47 Å². The van der Waals surface area contributed by atoms with Crippen LogP contribution >= 0.6 is 0 Å². The molecule has 0 aliphatic carbocycles. The summed E-state index contributed by atoms with van der Waals surface area (Å²) in [4.78, 5) is 27.3. The summed E-state index contributed by atoms with van der Waals surface area (Å²) >= 11 is 0. The highest BCUT2D eigenvalue weighted by atomic mass is 19.1. The number of hydrogen-bond donors (Lipinski definition) is 0. The molecule has 6 heteroatoms. The molecule has 1 aromatic carbocycles. The Morgan fingerprint density at radius 3 is 2.35 bits per heavy atom. The summed E-state index contributed by atoms with van der Waals surface area (Å²) in [6.07, 6.45) is 0.719. The number of rotatable bonds is 2. The number of fused-ring (bicyclic) bond motifs is 2. The maximum atomic E-state index is 13.3. The number of hydrogen-bond acceptors (Lipinski definition) is 4. The van der Waals surface area contributed by atoms with Crippen molar-refractivity contribution in [3.63, 3.8) is 0 Å². The van der Waals surface area contributed by atoms with Gasteiger partial charge in [-0.3, -0.25) is 9.69 Å². The maximum Gasteiger partial charge on any atom is 0.410 e. The van der Waals surface area contributed by atoms with Crippen molar-refractivity contribution in [3.05, 3.63) is 35.1 Å². The van der Waals surface area contributed by atoms with Gasteiger partial charge in [-0.15, -0.1) is 0 Å². The highest BCUT2D eigenvalue weighted by molar-refractivity contribution is 5.99. The zero-order valence-corrected chi connectivity index (χ0v) is 15.8. The molecule has 0 aromatic heterocycles. The summed E-state index contributed by atoms with van der Waals surface area (Å²) in [6.45, 7) is 8.07. The third-order valence-electron chi connectivity index (χ3n) is 4.95. The van der Waals surface area contributed by atoms with Crippen LogP contribution in [0.5, 0.6) is 0 Å². The SMILES string of the molecule is Cc1cc(F)ccc1C(=O)C1CC2COCC(C1)N2C(=O)OC(C)(C)C. The highest BCUT2D eigenvalue weighted by Crippen LogP contribution is 2.35. The summed E-state index contributed by atoms with van der Waals surface area (Å²) in [5, 5.41) is 0. The Labute approximate surface area is 153 Å². The topological polar surface area (TPSA) is 55.8 Å². The zero-order chi connectivity index (χ0) is 19.1. The van der Waals surface area contributed by atoms with Gasteiger partial charge < -0.3 is 9.47 Å². The van der Waals surface area contributed by atoms with Gasteiger partial charge in [0.15, 0.2) is 5.78 Å². The van der Waals surface area contributed by atoms with E-state index in [9.17, 15) is 14.0 Å². The third-order valence-corrected chi connectivity index (χ3v) is 4.95. The fourth-order valence-electron chi connectivity index (χ4n) is 3.87. The lowest BCUT2D eigenvalue weighted by Crippen LogP contribution is -2.60. The van der Waals surface area contributed by atoms with Gasteiger partial charge >= 0.3 is 6.09 Å². The molecule has 2 unspecified atom stereocenters. The number of amides is 1. The van der Waals surface area contributed by atoms with Crippen molar-refractivity contribution in [3.8, 4) is 0 Å². The predicted molar refractivity (Wildman–Crippen MR) is 94.7 cm³/mol. The van der Waals surface area contributed by atoms with Gasteiger partial charge in [0.1, 0.15) is 11.4 Å². The molecule has 0 radical (unpaired) electrons. The number of benzene rings is 1. The van der Waals surface area contributed by atoms with E-state index in [2.05, 4.69) is 0 Å². The Morgan fingerprint density at radius 2 is 1.81 bits per heavy atom. The molecule has 2 saturated heterocycles. The van der Waals surface area contributed by atoms with E-state index in [-0.39, 0.29) is 35.7 Å². The number of aryl methyl sites for hydroxylation is 1. The van der Waals surface area contributed by atoms with E-state index in [0.717, 1.165) is 0 Å². The Morgan fingerprint density at radius 1 is 1.19 bits per heavy atom. The average Bonchev–Trinajstić information content (AvgIpc) is 2.51. The molecule has 2 bridgehead atoms. The normalized spacial score (nSPS) is 25.7. The van der Waals surface area contributed by atoms with Crippen LogP contribution in [0, 0.1) is 18.7 Å². The minimum absolute atomic E-state index is 0.0169. The minimum Gasteiger partial charge on any atom is -0.444 e. The van der Waals surface area contributed by atoms with Crippen molar-refractivity contribution >= 4 is 11.9 Å². The van der Waals surface area contributed by atoms with E-state index in [1.54, 1.807) is 17.9 Å². The zero-order valence-electron chi connectivity index (χ0n) is 15.8. The van der Waals surface area contributed by atoms with E-state index >= 15 is 0 Å². The number of carbonyl (C=O) groups excluding carboxylic acids is 2. The third kappa shape index (κ3) is 3.90. The Hall–Kier alpha value is -1.95. The molecule has 142 valence electrons. The van der Waals surface area contributed by atoms with Crippen molar-refractivity contribution in [2.24, 2.45) is 5.92 Å². The first-order valence-corrected chi connectivity index (χ1v) is 9.05. The van der Waals surface area contributed by atoms with Crippen LogP contribution in [0.25, 0.3) is 0 Å². The van der Waals surface area contributed by atoms with Gasteiger partial charge in [0, 0.05) is 11.5 Å². The van der Waals surface area contributed by atoms with Crippen LogP contribution < -0.4 is 0 Å². The molecule has 26 heavy (non-hydrogen) atoms. The number of nitrogens with zero attached hydrogens (tertiary/aromatic N) is 1. The van der Waals surface area contributed by atoms with Crippen molar-refractivity contribution in [2.45, 2.75) is 58.2 Å². The molecule has 2 aliphatic heterocycles. The van der Waals surface area contributed by atoms with Crippen molar-refractivity contribution in [1.82, 2.24) is 4.90 Å². The van der Waals surface area contributed by atoms with Gasteiger partial charge in [0.05, 0.1) is 25.3 Å². The van der Waals surface area contributed by atoms with Crippen LogP contribution in [0.15, 0.2) is 18.2 Å². The Kier molecular flexibility index (Phi) is 5.06. The van der Waals surface area contributed by atoms with Gasteiger partial charge in [-0.1, -0.05) is 0 Å². The summed E-state index contributed by atoms with van der Waals surface area (Å²) in [5.41, 5.74) is 0.636. The standard InChI is InChI=1S/C20H26FNO4/c1-12-7-14(21)5-6-17(12)18(23)13-8-15-10-25-11-16(9-13)22(15)19(24)26-20(2,3)4/h5-7,13,15-16H,8-11H2,1-4H3. The van der Waals surface area contributed by atoms with Gasteiger partial charge in [0.25, 0.3) is 0 Å². The molecule has 0 saturated carbocycles. The molecular weight excluding hydrogens is 337 g/mol. The molecule has 0 N–H and O–H groups in total. The molecule has 2 aliphatic rings. The first-order valence-electron chi connectivity index (χ1n) is 9.05. The summed E-state index contributed by atoms with van der Waals surface area (Å²) in [7, 11) is 0. The summed E-state index contributed by atoms with van der Waals surface area (Å²) < 4.78 is 24.5. The number of carbonyl (C=O) groups is 2. The quantitative estimate of drug-likeness (QED) is 0.751. The molecule has 2 heterocycles. The summed E-state index contributed by atoms with van der Waals surface area (Å²) in [5.74, 6) is -0.524. The first-order chi connectivity index (χ1) is 12.2. The monoisotopic (exact) mass is 363 g/mol. The number of ketones is 1. The Balaban J connectivity index is 1.77. The maximum absolute atomic E-state index is 13.3. The molecule has 0 spiro atoms. The second-order valence-electron chi connectivity index (χ2n) is 8.22. The van der Waals surface area contributed by atoms with Crippen LogP contribution in [-0.2, 0) is 9.47 Å². The largest absolute Gasteiger partial charge is 0.444 e. The smallest absolute Gasteiger partial charge is 0.410 e. The molecule has 2 atom stereocenters. The predicted octanol–water partition coefficient (Wildman–Crippen LogP) is 3.73.